The van der Waals surface area contributed by atoms with Crippen LogP contribution in [-0.4, -0.2) is 35.2 Å². The highest BCUT2D eigenvalue weighted by molar-refractivity contribution is 7.20. The predicted molar refractivity (Wildman–Crippen MR) is 90.5 cm³/mol. The molecule has 2 rings (SSSR count). The van der Waals surface area contributed by atoms with E-state index in [4.69, 9.17) is 4.74 Å². The van der Waals surface area contributed by atoms with Crippen molar-refractivity contribution in [1.82, 2.24) is 9.55 Å². The maximum Gasteiger partial charge on any atom is 0.348 e. The minimum absolute atomic E-state index is 0.222. The third kappa shape index (κ3) is 3.33. The van der Waals surface area contributed by atoms with Crippen molar-refractivity contribution in [2.75, 3.05) is 13.7 Å². The molecule has 0 N–H and O–H groups in total. The second-order valence-electron chi connectivity index (χ2n) is 5.88. The van der Waals surface area contributed by atoms with Crippen molar-refractivity contribution >= 4 is 33.5 Å². The lowest BCUT2D eigenvalue weighted by Crippen LogP contribution is -2.29. The van der Waals surface area contributed by atoms with Gasteiger partial charge in [-0.3, -0.25) is 9.36 Å². The fraction of sp³-hybridized carbons (Fsp3) is 0.500. The Kier molecular flexibility index (Phi) is 5.38. The second-order valence-corrected chi connectivity index (χ2v) is 6.88. The first-order valence-electron chi connectivity index (χ1n) is 7.53. The number of hydrogen-bond acceptors (Lipinski definition) is 7. The summed E-state index contributed by atoms with van der Waals surface area (Å²) in [4.78, 5) is 41.6. The van der Waals surface area contributed by atoms with Gasteiger partial charge in [0.05, 0.1) is 25.4 Å². The molecule has 0 bridgehead atoms. The van der Waals surface area contributed by atoms with Crippen LogP contribution in [0, 0.1) is 12.8 Å². The Bertz CT molecular complexity index is 837. The monoisotopic (exact) mass is 352 g/mol. The Morgan fingerprint density at radius 2 is 2.00 bits per heavy atom. The summed E-state index contributed by atoms with van der Waals surface area (Å²) in [5.41, 5.74) is 0.141. The first kappa shape index (κ1) is 18.1. The van der Waals surface area contributed by atoms with Gasteiger partial charge in [0.1, 0.15) is 15.7 Å². The summed E-state index contributed by atoms with van der Waals surface area (Å²) in [6, 6.07) is -0.796. The maximum atomic E-state index is 12.7. The Morgan fingerprint density at radius 3 is 2.58 bits per heavy atom. The van der Waals surface area contributed by atoms with Crippen molar-refractivity contribution in [3.63, 3.8) is 0 Å². The number of esters is 2. The van der Waals surface area contributed by atoms with E-state index >= 15 is 0 Å². The number of methoxy groups -OCH3 is 1. The van der Waals surface area contributed by atoms with Crippen LogP contribution in [0.25, 0.3) is 10.2 Å². The molecule has 0 aliphatic heterocycles. The number of rotatable bonds is 5. The van der Waals surface area contributed by atoms with Crippen LogP contribution in [-0.2, 0) is 14.3 Å². The fourth-order valence-corrected chi connectivity index (χ4v) is 3.23. The molecule has 0 aliphatic rings. The first-order valence-corrected chi connectivity index (χ1v) is 8.34. The van der Waals surface area contributed by atoms with Gasteiger partial charge in [-0.05, 0) is 25.3 Å². The van der Waals surface area contributed by atoms with Crippen molar-refractivity contribution in [2.24, 2.45) is 5.92 Å². The van der Waals surface area contributed by atoms with Gasteiger partial charge in [0.15, 0.2) is 0 Å². The summed E-state index contributed by atoms with van der Waals surface area (Å²) in [5.74, 6) is -0.779. The molecule has 0 spiro atoms. The second kappa shape index (κ2) is 7.12. The average Bonchev–Trinajstić information content (AvgIpc) is 2.89. The van der Waals surface area contributed by atoms with Gasteiger partial charge in [-0.2, -0.15) is 0 Å². The molecule has 0 amide bonds. The van der Waals surface area contributed by atoms with Gasteiger partial charge < -0.3 is 9.47 Å². The van der Waals surface area contributed by atoms with E-state index < -0.39 is 18.0 Å². The van der Waals surface area contributed by atoms with Crippen LogP contribution < -0.4 is 5.56 Å². The van der Waals surface area contributed by atoms with Crippen molar-refractivity contribution < 1.29 is 19.1 Å². The van der Waals surface area contributed by atoms with Crippen LogP contribution in [0.1, 0.15) is 42.0 Å². The number of hydrogen-bond donors (Lipinski definition) is 0. The number of aromatic nitrogens is 2. The third-order valence-electron chi connectivity index (χ3n) is 3.57. The highest BCUT2D eigenvalue weighted by atomic mass is 32.1. The zero-order valence-electron chi connectivity index (χ0n) is 14.3. The van der Waals surface area contributed by atoms with Gasteiger partial charge in [0.25, 0.3) is 5.56 Å². The Hall–Kier alpha value is -2.22. The molecule has 1 unspecified atom stereocenters. The molecular formula is C16H20N2O5S. The summed E-state index contributed by atoms with van der Waals surface area (Å²) in [6.07, 6.45) is 1.30. The van der Waals surface area contributed by atoms with Gasteiger partial charge in [0, 0.05) is 0 Å². The number of nitrogens with zero attached hydrogens (tertiary/aromatic N) is 2. The maximum absolute atomic E-state index is 12.7. The normalized spacial score (nSPS) is 12.4. The molecule has 8 heteroatoms. The lowest BCUT2D eigenvalue weighted by molar-refractivity contribution is -0.144. The lowest BCUT2D eigenvalue weighted by atomic mass is 10.2. The minimum Gasteiger partial charge on any atom is -0.467 e. The van der Waals surface area contributed by atoms with Crippen LogP contribution >= 0.6 is 11.3 Å². The average molecular weight is 352 g/mol. The van der Waals surface area contributed by atoms with Gasteiger partial charge in [-0.15, -0.1) is 11.3 Å². The molecule has 2 aromatic rings. The van der Waals surface area contributed by atoms with E-state index in [9.17, 15) is 14.4 Å². The molecule has 2 heterocycles. The quantitative estimate of drug-likeness (QED) is 0.768. The Labute approximate surface area is 143 Å². The number of carbonyl (C=O) groups is 2. The van der Waals surface area contributed by atoms with Crippen molar-refractivity contribution in [3.05, 3.63) is 27.1 Å². The van der Waals surface area contributed by atoms with Crippen LogP contribution in [0.4, 0.5) is 0 Å². The minimum atomic E-state index is -0.796. The first-order chi connectivity index (χ1) is 11.3. The van der Waals surface area contributed by atoms with E-state index in [-0.39, 0.29) is 11.5 Å². The van der Waals surface area contributed by atoms with E-state index in [1.54, 1.807) is 13.8 Å². The largest absolute Gasteiger partial charge is 0.467 e. The number of carbonyl (C=O) groups excluding carboxylic acids is 2. The summed E-state index contributed by atoms with van der Waals surface area (Å²) >= 11 is 1.12. The molecule has 0 radical (unpaired) electrons. The smallest absolute Gasteiger partial charge is 0.348 e. The molecule has 24 heavy (non-hydrogen) atoms. The highest BCUT2D eigenvalue weighted by Gasteiger charge is 2.23. The summed E-state index contributed by atoms with van der Waals surface area (Å²) < 4.78 is 11.1. The third-order valence-corrected chi connectivity index (χ3v) is 4.75. The standard InChI is InChI=1S/C16H20N2O5S/c1-8(2)6-23-16(21)12-9(3)11-13(24-12)17-7-18(14(11)19)10(4)15(20)22-5/h7-8,10H,6H2,1-5H3. The van der Waals surface area contributed by atoms with Gasteiger partial charge in [-0.1, -0.05) is 13.8 Å². The van der Waals surface area contributed by atoms with Crippen LogP contribution in [0.15, 0.2) is 11.1 Å². The van der Waals surface area contributed by atoms with Crippen molar-refractivity contribution in [1.29, 1.82) is 0 Å². The van der Waals surface area contributed by atoms with E-state index in [1.807, 2.05) is 13.8 Å². The highest BCUT2D eigenvalue weighted by Crippen LogP contribution is 2.28. The lowest BCUT2D eigenvalue weighted by Gasteiger charge is -2.12. The number of aryl methyl sites for hydroxylation is 1. The van der Waals surface area contributed by atoms with E-state index in [2.05, 4.69) is 9.72 Å². The summed E-state index contributed by atoms with van der Waals surface area (Å²) in [6.45, 7) is 7.43. The molecule has 1 atom stereocenters. The van der Waals surface area contributed by atoms with Crippen LogP contribution in [0.3, 0.4) is 0 Å². The van der Waals surface area contributed by atoms with Crippen LogP contribution in [0.2, 0.25) is 0 Å². The molecule has 7 nitrogen and oxygen atoms in total. The number of fused-ring (bicyclic) bond motifs is 1. The van der Waals surface area contributed by atoms with Gasteiger partial charge >= 0.3 is 11.9 Å². The molecule has 0 saturated carbocycles. The molecule has 2 aromatic heterocycles. The Morgan fingerprint density at radius 1 is 1.33 bits per heavy atom. The predicted octanol–water partition coefficient (Wildman–Crippen LogP) is 2.31. The topological polar surface area (TPSA) is 87.5 Å². The van der Waals surface area contributed by atoms with Gasteiger partial charge in [0.2, 0.25) is 0 Å². The Balaban J connectivity index is 2.49. The zero-order chi connectivity index (χ0) is 18.0. The SMILES string of the molecule is COC(=O)C(C)n1cnc2sc(C(=O)OCC(C)C)c(C)c2c1=O. The molecule has 0 aromatic carbocycles. The van der Waals surface area contributed by atoms with Crippen LogP contribution in [0.5, 0.6) is 0 Å². The number of thiophene rings is 1. The summed E-state index contributed by atoms with van der Waals surface area (Å²) in [5, 5.41) is 0.328. The zero-order valence-corrected chi connectivity index (χ0v) is 15.1. The van der Waals surface area contributed by atoms with Crippen molar-refractivity contribution in [2.45, 2.75) is 33.7 Å². The molecule has 130 valence electrons. The van der Waals surface area contributed by atoms with E-state index in [0.717, 1.165) is 11.3 Å². The fourth-order valence-electron chi connectivity index (χ4n) is 2.20. The number of ether oxygens (including phenoxy) is 2. The molecule has 0 aliphatic carbocycles. The molecular weight excluding hydrogens is 332 g/mol. The molecule has 0 saturated heterocycles. The van der Waals surface area contributed by atoms with E-state index in [0.29, 0.717) is 27.3 Å². The molecule has 0 fully saturated rings. The van der Waals surface area contributed by atoms with Crippen molar-refractivity contribution in [3.8, 4) is 0 Å². The van der Waals surface area contributed by atoms with E-state index in [1.165, 1.54) is 18.0 Å². The summed E-state index contributed by atoms with van der Waals surface area (Å²) in [7, 11) is 1.26. The van der Waals surface area contributed by atoms with Gasteiger partial charge in [-0.25, -0.2) is 14.6 Å².